The second-order valence-corrected chi connectivity index (χ2v) is 4.11. The number of benzene rings is 1. The smallest absolute Gasteiger partial charge is 0.123 e. The highest BCUT2D eigenvalue weighted by molar-refractivity contribution is 5.21. The second kappa shape index (κ2) is 4.73. The van der Waals surface area contributed by atoms with Gasteiger partial charge in [0.05, 0.1) is 6.61 Å². The van der Waals surface area contributed by atoms with Gasteiger partial charge in [0.15, 0.2) is 0 Å². The van der Waals surface area contributed by atoms with Gasteiger partial charge in [-0.3, -0.25) is 0 Å². The lowest BCUT2D eigenvalue weighted by atomic mass is 9.87. The molecule has 1 aromatic carbocycles. The maximum absolute atomic E-state index is 12.7. The molecule has 82 valence electrons. The molecule has 2 rings (SSSR count). The van der Waals surface area contributed by atoms with Crippen molar-refractivity contribution in [2.45, 2.75) is 24.8 Å². The molecule has 0 bridgehead atoms. The molecule has 1 fully saturated rings. The highest BCUT2D eigenvalue weighted by atomic mass is 19.1. The first-order valence-electron chi connectivity index (χ1n) is 5.39. The van der Waals surface area contributed by atoms with Gasteiger partial charge in [-0.15, -0.1) is 0 Å². The van der Waals surface area contributed by atoms with Crippen LogP contribution in [0, 0.1) is 5.82 Å². The Morgan fingerprint density at radius 1 is 1.33 bits per heavy atom. The van der Waals surface area contributed by atoms with Gasteiger partial charge in [-0.05, 0) is 43.0 Å². The summed E-state index contributed by atoms with van der Waals surface area (Å²) in [7, 11) is 0. The van der Waals surface area contributed by atoms with Crippen molar-refractivity contribution in [2.75, 3.05) is 13.2 Å². The number of hydrogen-bond donors (Lipinski definition) is 2. The average molecular weight is 209 g/mol. The molecular formula is C12H16FNO. The fourth-order valence-electron chi connectivity index (χ4n) is 2.18. The third-order valence-electron chi connectivity index (χ3n) is 3.06. The van der Waals surface area contributed by atoms with E-state index in [2.05, 4.69) is 5.32 Å². The largest absolute Gasteiger partial charge is 0.395 e. The van der Waals surface area contributed by atoms with E-state index in [9.17, 15) is 4.39 Å². The first-order valence-corrected chi connectivity index (χ1v) is 5.39. The molecule has 0 amide bonds. The first-order chi connectivity index (χ1) is 7.29. The van der Waals surface area contributed by atoms with Crippen molar-refractivity contribution in [3.05, 3.63) is 35.6 Å². The van der Waals surface area contributed by atoms with Gasteiger partial charge >= 0.3 is 0 Å². The molecule has 1 aromatic rings. The van der Waals surface area contributed by atoms with Gasteiger partial charge in [0.2, 0.25) is 0 Å². The lowest BCUT2D eigenvalue weighted by molar-refractivity contribution is 0.210. The van der Waals surface area contributed by atoms with Crippen LogP contribution in [0.5, 0.6) is 0 Å². The van der Waals surface area contributed by atoms with Crippen LogP contribution in [0.4, 0.5) is 4.39 Å². The van der Waals surface area contributed by atoms with Gasteiger partial charge in [-0.2, -0.15) is 0 Å². The van der Waals surface area contributed by atoms with E-state index in [4.69, 9.17) is 5.11 Å². The molecule has 1 saturated heterocycles. The van der Waals surface area contributed by atoms with E-state index in [0.29, 0.717) is 5.92 Å². The Balaban J connectivity index is 2.06. The Hall–Kier alpha value is -0.930. The summed E-state index contributed by atoms with van der Waals surface area (Å²) in [5.41, 5.74) is 1.18. The fourth-order valence-corrected chi connectivity index (χ4v) is 2.18. The van der Waals surface area contributed by atoms with Crippen LogP contribution >= 0.6 is 0 Å². The highest BCUT2D eigenvalue weighted by Gasteiger charge is 2.21. The summed E-state index contributed by atoms with van der Waals surface area (Å²) in [5.74, 6) is 0.260. The predicted octanol–water partition coefficient (Wildman–Crippen LogP) is 1.65. The summed E-state index contributed by atoms with van der Waals surface area (Å²) in [4.78, 5) is 0. The van der Waals surface area contributed by atoms with Crippen molar-refractivity contribution >= 4 is 0 Å². The number of rotatable bonds is 2. The van der Waals surface area contributed by atoms with Crippen LogP contribution in [0.2, 0.25) is 0 Å². The van der Waals surface area contributed by atoms with Crippen molar-refractivity contribution in [1.82, 2.24) is 5.32 Å². The van der Waals surface area contributed by atoms with Crippen LogP contribution in [-0.2, 0) is 0 Å². The molecule has 0 saturated carbocycles. The van der Waals surface area contributed by atoms with E-state index >= 15 is 0 Å². The Labute approximate surface area is 89.1 Å². The fraction of sp³-hybridized carbons (Fsp3) is 0.500. The first kappa shape index (κ1) is 10.6. The number of aliphatic hydroxyl groups is 1. The van der Waals surface area contributed by atoms with Gasteiger partial charge in [-0.25, -0.2) is 4.39 Å². The maximum atomic E-state index is 12.7. The second-order valence-electron chi connectivity index (χ2n) is 4.11. The van der Waals surface area contributed by atoms with Crippen LogP contribution < -0.4 is 5.32 Å². The van der Waals surface area contributed by atoms with Crippen LogP contribution in [0.15, 0.2) is 24.3 Å². The van der Waals surface area contributed by atoms with Crippen molar-refractivity contribution in [1.29, 1.82) is 0 Å². The van der Waals surface area contributed by atoms with E-state index in [-0.39, 0.29) is 18.5 Å². The minimum Gasteiger partial charge on any atom is -0.395 e. The molecule has 0 aromatic heterocycles. The van der Waals surface area contributed by atoms with Crippen LogP contribution in [0.25, 0.3) is 0 Å². The third-order valence-corrected chi connectivity index (χ3v) is 3.06. The molecule has 2 unspecified atom stereocenters. The average Bonchev–Trinajstić information content (AvgIpc) is 2.30. The maximum Gasteiger partial charge on any atom is 0.123 e. The highest BCUT2D eigenvalue weighted by Crippen LogP contribution is 2.27. The molecule has 0 radical (unpaired) electrons. The van der Waals surface area contributed by atoms with Crippen molar-refractivity contribution < 1.29 is 9.50 Å². The Kier molecular flexibility index (Phi) is 3.34. The van der Waals surface area contributed by atoms with Crippen molar-refractivity contribution in [3.63, 3.8) is 0 Å². The minimum absolute atomic E-state index is 0.178. The molecule has 2 nitrogen and oxygen atoms in total. The Morgan fingerprint density at radius 3 is 2.73 bits per heavy atom. The summed E-state index contributed by atoms with van der Waals surface area (Å²) < 4.78 is 12.7. The van der Waals surface area contributed by atoms with Gasteiger partial charge in [0, 0.05) is 6.04 Å². The molecule has 0 aliphatic carbocycles. The zero-order chi connectivity index (χ0) is 10.7. The standard InChI is InChI=1S/C12H16FNO/c13-11-3-1-9(2-4-11)10-5-6-14-12(7-10)8-15/h1-4,10,12,14-15H,5-8H2. The van der Waals surface area contributed by atoms with Crippen molar-refractivity contribution in [3.8, 4) is 0 Å². The lowest BCUT2D eigenvalue weighted by Crippen LogP contribution is -2.39. The van der Waals surface area contributed by atoms with Gasteiger partial charge in [-0.1, -0.05) is 12.1 Å². The van der Waals surface area contributed by atoms with E-state index in [0.717, 1.165) is 19.4 Å². The summed E-state index contributed by atoms with van der Waals surface area (Å²) in [6.45, 7) is 1.10. The summed E-state index contributed by atoms with van der Waals surface area (Å²) >= 11 is 0. The predicted molar refractivity (Wildman–Crippen MR) is 57.3 cm³/mol. The lowest BCUT2D eigenvalue weighted by Gasteiger charge is -2.29. The van der Waals surface area contributed by atoms with Crippen LogP contribution in [0.1, 0.15) is 24.3 Å². The summed E-state index contributed by atoms with van der Waals surface area (Å²) in [6, 6.07) is 6.89. The number of hydrogen-bond acceptors (Lipinski definition) is 2. The number of aliphatic hydroxyl groups excluding tert-OH is 1. The van der Waals surface area contributed by atoms with Gasteiger partial charge in [0.1, 0.15) is 5.82 Å². The molecule has 3 heteroatoms. The Morgan fingerprint density at radius 2 is 2.07 bits per heavy atom. The molecule has 1 heterocycles. The molecule has 1 aliphatic heterocycles. The van der Waals surface area contributed by atoms with Gasteiger partial charge < -0.3 is 10.4 Å². The van der Waals surface area contributed by atoms with E-state index in [1.807, 2.05) is 12.1 Å². The molecule has 2 N–H and O–H groups in total. The monoisotopic (exact) mass is 209 g/mol. The summed E-state index contributed by atoms with van der Waals surface area (Å²) in [5, 5.41) is 12.3. The molecule has 1 aliphatic rings. The van der Waals surface area contributed by atoms with E-state index in [1.165, 1.54) is 17.7 Å². The number of nitrogens with one attached hydrogen (secondary N) is 1. The van der Waals surface area contributed by atoms with E-state index in [1.54, 1.807) is 0 Å². The van der Waals surface area contributed by atoms with Gasteiger partial charge in [0.25, 0.3) is 0 Å². The zero-order valence-corrected chi connectivity index (χ0v) is 8.62. The van der Waals surface area contributed by atoms with Crippen LogP contribution in [-0.4, -0.2) is 24.3 Å². The summed E-state index contributed by atoms with van der Waals surface area (Å²) in [6.07, 6.45) is 1.99. The topological polar surface area (TPSA) is 32.3 Å². The number of piperidine rings is 1. The van der Waals surface area contributed by atoms with Crippen molar-refractivity contribution in [2.24, 2.45) is 0 Å². The number of halogens is 1. The molecular weight excluding hydrogens is 193 g/mol. The normalized spacial score (nSPS) is 26.5. The third kappa shape index (κ3) is 2.55. The van der Waals surface area contributed by atoms with Crippen LogP contribution in [0.3, 0.4) is 0 Å². The SMILES string of the molecule is OCC1CC(c2ccc(F)cc2)CCN1. The molecule has 15 heavy (non-hydrogen) atoms. The molecule has 0 spiro atoms. The minimum atomic E-state index is -0.189. The molecule has 2 atom stereocenters. The zero-order valence-electron chi connectivity index (χ0n) is 8.62. The quantitative estimate of drug-likeness (QED) is 0.776. The van der Waals surface area contributed by atoms with E-state index < -0.39 is 0 Å². The Bertz CT molecular complexity index is 312.